The fourth-order valence-corrected chi connectivity index (χ4v) is 1.14. The molecule has 0 aliphatic carbocycles. The molecular weight excluding hydrogens is 164 g/mol. The molecule has 0 atom stereocenters. The van der Waals surface area contributed by atoms with Crippen molar-refractivity contribution in [3.05, 3.63) is 11.2 Å². The van der Waals surface area contributed by atoms with E-state index in [-0.39, 0.29) is 5.28 Å². The van der Waals surface area contributed by atoms with E-state index in [1.54, 1.807) is 0 Å². The molecule has 1 rings (SSSR count). The fourth-order valence-electron chi connectivity index (χ4n) is 1.02. The van der Waals surface area contributed by atoms with Crippen LogP contribution >= 0.6 is 11.6 Å². The van der Waals surface area contributed by atoms with Gasteiger partial charge in [-0.05, 0) is 29.6 Å². The molecule has 3 nitrogen and oxygen atoms in total. The van der Waals surface area contributed by atoms with E-state index in [0.717, 1.165) is 12.8 Å². The van der Waals surface area contributed by atoms with Gasteiger partial charge in [0.15, 0.2) is 0 Å². The molecule has 0 aromatic carbocycles. The first-order chi connectivity index (χ1) is 5.27. The minimum Gasteiger partial charge on any atom is -0.338 e. The fraction of sp³-hybridized carbons (Fsp3) is 0.714. The predicted molar refractivity (Wildman–Crippen MR) is 42.6 cm³/mol. The van der Waals surface area contributed by atoms with Crippen LogP contribution < -0.4 is 0 Å². The molecule has 0 aliphatic rings. The van der Waals surface area contributed by atoms with Crippen LogP contribution in [0.4, 0.5) is 0 Å². The summed E-state index contributed by atoms with van der Waals surface area (Å²) in [6, 6.07) is 0. The molecule has 11 heavy (non-hydrogen) atoms. The van der Waals surface area contributed by atoms with Gasteiger partial charge in [0, 0.05) is 5.92 Å². The van der Waals surface area contributed by atoms with E-state index in [9.17, 15) is 0 Å². The smallest absolute Gasteiger partial charge is 0.263 e. The van der Waals surface area contributed by atoms with Crippen LogP contribution in [0.1, 0.15) is 38.5 Å². The molecule has 0 saturated carbocycles. The number of nitrogens with zero attached hydrogens (tertiary/aromatic N) is 2. The summed E-state index contributed by atoms with van der Waals surface area (Å²) < 4.78 is 4.92. The van der Waals surface area contributed by atoms with Crippen molar-refractivity contribution >= 4 is 11.6 Å². The lowest BCUT2D eigenvalue weighted by atomic mass is 10.0. The summed E-state index contributed by atoms with van der Waals surface area (Å²) in [4.78, 5) is 3.94. The molecular formula is C7H11ClN2O. The van der Waals surface area contributed by atoms with E-state index in [4.69, 9.17) is 16.1 Å². The molecule has 0 spiro atoms. The topological polar surface area (TPSA) is 38.9 Å². The lowest BCUT2D eigenvalue weighted by Gasteiger charge is -2.03. The summed E-state index contributed by atoms with van der Waals surface area (Å²) in [7, 11) is 0. The third-order valence-electron chi connectivity index (χ3n) is 1.75. The Bertz CT molecular complexity index is 220. The summed E-state index contributed by atoms with van der Waals surface area (Å²) >= 11 is 5.50. The quantitative estimate of drug-likeness (QED) is 0.707. The largest absolute Gasteiger partial charge is 0.338 e. The molecule has 0 radical (unpaired) electrons. The maximum atomic E-state index is 5.50. The molecule has 1 aromatic heterocycles. The van der Waals surface area contributed by atoms with Crippen molar-refractivity contribution in [1.29, 1.82) is 0 Å². The Labute approximate surface area is 70.7 Å². The van der Waals surface area contributed by atoms with Crippen LogP contribution in [0, 0.1) is 0 Å². The Kier molecular flexibility index (Phi) is 2.88. The summed E-state index contributed by atoms with van der Waals surface area (Å²) in [6.07, 6.45) is 2.02. The second-order valence-corrected chi connectivity index (χ2v) is 2.75. The summed E-state index contributed by atoms with van der Waals surface area (Å²) in [5, 5.41) is 3.71. The number of aromatic nitrogens is 2. The van der Waals surface area contributed by atoms with E-state index in [0.29, 0.717) is 11.8 Å². The van der Waals surface area contributed by atoms with E-state index in [1.165, 1.54) is 0 Å². The first-order valence-corrected chi connectivity index (χ1v) is 4.14. The lowest BCUT2D eigenvalue weighted by Crippen LogP contribution is -1.94. The van der Waals surface area contributed by atoms with Crippen molar-refractivity contribution < 1.29 is 4.52 Å². The second-order valence-electron chi connectivity index (χ2n) is 2.42. The molecule has 62 valence electrons. The average molecular weight is 175 g/mol. The maximum Gasteiger partial charge on any atom is 0.263 e. The third-order valence-corrected chi connectivity index (χ3v) is 1.91. The van der Waals surface area contributed by atoms with E-state index in [2.05, 4.69) is 24.0 Å². The van der Waals surface area contributed by atoms with Crippen molar-refractivity contribution in [2.24, 2.45) is 0 Å². The molecule has 0 amide bonds. The van der Waals surface area contributed by atoms with Crippen LogP contribution in [-0.2, 0) is 0 Å². The highest BCUT2D eigenvalue weighted by Gasteiger charge is 2.13. The van der Waals surface area contributed by atoms with Gasteiger partial charge in [0.05, 0.1) is 0 Å². The van der Waals surface area contributed by atoms with Gasteiger partial charge in [0.1, 0.15) is 0 Å². The highest BCUT2D eigenvalue weighted by atomic mass is 35.5. The first kappa shape index (κ1) is 8.53. The molecule has 0 N–H and O–H groups in total. The molecule has 1 heterocycles. The summed E-state index contributed by atoms with van der Waals surface area (Å²) in [6.45, 7) is 4.18. The highest BCUT2D eigenvalue weighted by Crippen LogP contribution is 2.21. The van der Waals surface area contributed by atoms with Crippen molar-refractivity contribution in [3.8, 4) is 0 Å². The Balaban J connectivity index is 2.73. The Hall–Kier alpha value is -0.570. The van der Waals surface area contributed by atoms with Crippen molar-refractivity contribution in [2.45, 2.75) is 32.6 Å². The molecule has 0 aliphatic heterocycles. The van der Waals surface area contributed by atoms with Crippen LogP contribution in [0.25, 0.3) is 0 Å². The lowest BCUT2D eigenvalue weighted by molar-refractivity contribution is 0.345. The Morgan fingerprint density at radius 1 is 1.45 bits per heavy atom. The van der Waals surface area contributed by atoms with Crippen LogP contribution in [-0.4, -0.2) is 10.1 Å². The number of hydrogen-bond acceptors (Lipinski definition) is 3. The SMILES string of the molecule is CCC(CC)c1nc(Cl)no1. The van der Waals surface area contributed by atoms with Gasteiger partial charge in [-0.2, -0.15) is 4.98 Å². The van der Waals surface area contributed by atoms with E-state index in [1.807, 2.05) is 0 Å². The molecule has 0 unspecified atom stereocenters. The summed E-state index contributed by atoms with van der Waals surface area (Å²) in [5.41, 5.74) is 0. The second kappa shape index (κ2) is 3.72. The third kappa shape index (κ3) is 1.93. The maximum absolute atomic E-state index is 5.50. The Morgan fingerprint density at radius 2 is 2.09 bits per heavy atom. The monoisotopic (exact) mass is 174 g/mol. The average Bonchev–Trinajstić information content (AvgIpc) is 2.39. The van der Waals surface area contributed by atoms with E-state index >= 15 is 0 Å². The van der Waals surface area contributed by atoms with Gasteiger partial charge in [-0.1, -0.05) is 13.8 Å². The zero-order valence-electron chi connectivity index (χ0n) is 6.67. The van der Waals surface area contributed by atoms with Gasteiger partial charge in [0.2, 0.25) is 5.89 Å². The number of hydrogen-bond donors (Lipinski definition) is 0. The first-order valence-electron chi connectivity index (χ1n) is 3.77. The predicted octanol–water partition coefficient (Wildman–Crippen LogP) is 2.63. The van der Waals surface area contributed by atoms with Crippen molar-refractivity contribution in [2.75, 3.05) is 0 Å². The molecule has 4 heteroatoms. The Morgan fingerprint density at radius 3 is 2.45 bits per heavy atom. The molecule has 0 bridgehead atoms. The molecule has 0 saturated heterocycles. The van der Waals surface area contributed by atoms with Gasteiger partial charge in [-0.15, -0.1) is 0 Å². The molecule has 0 fully saturated rings. The van der Waals surface area contributed by atoms with Crippen molar-refractivity contribution in [3.63, 3.8) is 0 Å². The van der Waals surface area contributed by atoms with E-state index < -0.39 is 0 Å². The van der Waals surface area contributed by atoms with Crippen LogP contribution in [0.5, 0.6) is 0 Å². The highest BCUT2D eigenvalue weighted by molar-refractivity contribution is 6.28. The van der Waals surface area contributed by atoms with Crippen LogP contribution in [0.15, 0.2) is 4.52 Å². The minimum absolute atomic E-state index is 0.201. The molecule has 1 aromatic rings. The zero-order chi connectivity index (χ0) is 8.27. The number of rotatable bonds is 3. The van der Waals surface area contributed by atoms with Gasteiger partial charge < -0.3 is 4.52 Å². The van der Waals surface area contributed by atoms with Gasteiger partial charge in [0.25, 0.3) is 5.28 Å². The zero-order valence-corrected chi connectivity index (χ0v) is 7.43. The normalized spacial score (nSPS) is 10.9. The van der Waals surface area contributed by atoms with Crippen molar-refractivity contribution in [1.82, 2.24) is 10.1 Å². The standard InChI is InChI=1S/C7H11ClN2O/c1-3-5(4-2)6-9-7(8)10-11-6/h5H,3-4H2,1-2H3. The minimum atomic E-state index is 0.201. The van der Waals surface area contributed by atoms with Crippen LogP contribution in [0.2, 0.25) is 5.28 Å². The van der Waals surface area contributed by atoms with Gasteiger partial charge >= 0.3 is 0 Å². The van der Waals surface area contributed by atoms with Gasteiger partial charge in [-0.25, -0.2) is 0 Å². The number of halogens is 1. The van der Waals surface area contributed by atoms with Crippen LogP contribution in [0.3, 0.4) is 0 Å². The summed E-state index contributed by atoms with van der Waals surface area (Å²) in [5.74, 6) is 1.01. The van der Waals surface area contributed by atoms with Gasteiger partial charge in [-0.3, -0.25) is 0 Å².